The summed E-state index contributed by atoms with van der Waals surface area (Å²) in [4.78, 5) is 55.0. The minimum absolute atomic E-state index is 0.186. The van der Waals surface area contributed by atoms with Crippen molar-refractivity contribution in [1.82, 2.24) is 14.9 Å². The summed E-state index contributed by atoms with van der Waals surface area (Å²) in [5.74, 6) is -8.53. The molecule has 2 aromatic heterocycles. The van der Waals surface area contributed by atoms with Gasteiger partial charge in [-0.2, -0.15) is 13.2 Å². The summed E-state index contributed by atoms with van der Waals surface area (Å²) in [6, 6.07) is -0.785. The number of fused-ring (bicyclic) bond motifs is 1. The number of carbonyl (C=O) groups excluding carboxylic acids is 2. The van der Waals surface area contributed by atoms with Crippen LogP contribution in [0.3, 0.4) is 0 Å². The van der Waals surface area contributed by atoms with E-state index in [-0.39, 0.29) is 30.8 Å². The first-order valence-corrected chi connectivity index (χ1v) is 12.0. The van der Waals surface area contributed by atoms with Crippen LogP contribution in [-0.2, 0) is 9.53 Å². The van der Waals surface area contributed by atoms with Gasteiger partial charge >= 0.3 is 18.2 Å². The molecule has 0 radical (unpaired) electrons. The topological polar surface area (TPSA) is 131 Å². The van der Waals surface area contributed by atoms with Gasteiger partial charge < -0.3 is 15.2 Å². The van der Waals surface area contributed by atoms with Gasteiger partial charge in [0, 0.05) is 18.3 Å². The molecule has 0 spiro atoms. The lowest BCUT2D eigenvalue weighted by molar-refractivity contribution is -0.158. The van der Waals surface area contributed by atoms with Crippen LogP contribution in [0.2, 0.25) is 0 Å². The van der Waals surface area contributed by atoms with E-state index < -0.39 is 93.4 Å². The minimum atomic E-state index is -4.84. The maximum absolute atomic E-state index is 14.9. The number of halogens is 6. The second kappa shape index (κ2) is 9.78. The summed E-state index contributed by atoms with van der Waals surface area (Å²) in [5, 5.41) is 10.6. The molecule has 2 aliphatic rings. The molecule has 41 heavy (non-hydrogen) atoms. The second-order valence-corrected chi connectivity index (χ2v) is 9.58. The monoisotopic (exact) mass is 584 g/mol. The number of rotatable bonds is 6. The third-order valence-electron chi connectivity index (χ3n) is 6.80. The van der Waals surface area contributed by atoms with Crippen molar-refractivity contribution >= 4 is 34.8 Å². The number of aliphatic carboxylic acids is 1. The molecule has 2 amide bonds. The van der Waals surface area contributed by atoms with Crippen LogP contribution in [0.25, 0.3) is 16.7 Å². The second-order valence-electron chi connectivity index (χ2n) is 9.58. The number of aromatic nitrogens is 2. The van der Waals surface area contributed by atoms with Crippen molar-refractivity contribution in [1.29, 1.82) is 0 Å². The van der Waals surface area contributed by atoms with E-state index in [2.05, 4.69) is 4.98 Å². The molecule has 216 valence electrons. The van der Waals surface area contributed by atoms with Gasteiger partial charge in [-0.15, -0.1) is 0 Å². The molecule has 5 rings (SSSR count). The Hall–Kier alpha value is -4.63. The zero-order valence-electron chi connectivity index (χ0n) is 20.7. The number of amides is 2. The van der Waals surface area contributed by atoms with E-state index in [4.69, 9.17) is 4.74 Å². The first kappa shape index (κ1) is 27.9. The highest BCUT2D eigenvalue weighted by atomic mass is 19.4. The van der Waals surface area contributed by atoms with Gasteiger partial charge in [-0.05, 0) is 37.8 Å². The Labute approximate surface area is 225 Å². The molecule has 1 aliphatic heterocycles. The number of nitrogens with zero attached hydrogens (tertiary/aromatic N) is 3. The third-order valence-corrected chi connectivity index (χ3v) is 6.80. The van der Waals surface area contributed by atoms with Gasteiger partial charge in [-0.3, -0.25) is 19.1 Å². The molecule has 1 aromatic carbocycles. The van der Waals surface area contributed by atoms with Crippen LogP contribution in [-0.4, -0.2) is 57.0 Å². The molecular weight excluding hydrogens is 566 g/mol. The average molecular weight is 584 g/mol. The van der Waals surface area contributed by atoms with Crippen LogP contribution in [0.1, 0.15) is 30.1 Å². The molecule has 10 nitrogen and oxygen atoms in total. The number of hydrogen-bond acceptors (Lipinski definition) is 6. The Kier molecular flexibility index (Phi) is 6.66. The number of cyclic esters (lactones) is 1. The lowest BCUT2D eigenvalue weighted by Crippen LogP contribution is -2.48. The molecule has 3 aromatic rings. The van der Waals surface area contributed by atoms with Crippen molar-refractivity contribution in [3.8, 4) is 5.69 Å². The van der Waals surface area contributed by atoms with E-state index in [1.165, 1.54) is 6.92 Å². The molecule has 1 saturated heterocycles. The molecular formula is C25H18F6N4O6. The van der Waals surface area contributed by atoms with Crippen molar-refractivity contribution < 1.29 is 50.6 Å². The smallest absolute Gasteiger partial charge is 0.416 e. The largest absolute Gasteiger partial charge is 0.478 e. The highest BCUT2D eigenvalue weighted by Gasteiger charge is 2.50. The van der Waals surface area contributed by atoms with Gasteiger partial charge in [0.2, 0.25) is 11.5 Å². The van der Waals surface area contributed by atoms with Gasteiger partial charge in [0.15, 0.2) is 17.3 Å². The Morgan fingerprint density at radius 3 is 2.29 bits per heavy atom. The van der Waals surface area contributed by atoms with Crippen LogP contribution in [0.15, 0.2) is 35.3 Å². The van der Waals surface area contributed by atoms with Gasteiger partial charge in [0.05, 0.1) is 11.4 Å². The SMILES string of the molecule is CC1[C@H](C(=O)O)OC(=O)N1c1ccc2c(=O)c(C(=O)N[C@@H](C3CC3)C(F)(F)F)cn(-c3c(F)cc(F)cc3F)c2n1. The molecule has 1 unspecified atom stereocenters. The number of carboxylic acid groups (broad SMARTS) is 1. The van der Waals surface area contributed by atoms with Crippen molar-refractivity contribution in [3.63, 3.8) is 0 Å². The van der Waals surface area contributed by atoms with Crippen LogP contribution in [0, 0.1) is 23.4 Å². The van der Waals surface area contributed by atoms with Crippen LogP contribution < -0.4 is 15.6 Å². The molecule has 2 N–H and O–H groups in total. The van der Waals surface area contributed by atoms with Gasteiger partial charge in [0.25, 0.3) is 5.91 Å². The number of ether oxygens (including phenoxy) is 1. The Balaban J connectivity index is 1.70. The maximum atomic E-state index is 14.9. The van der Waals surface area contributed by atoms with E-state index in [1.807, 2.05) is 0 Å². The number of carboxylic acids is 1. The van der Waals surface area contributed by atoms with E-state index in [0.29, 0.717) is 10.8 Å². The first-order valence-electron chi connectivity index (χ1n) is 12.0. The number of carbonyl (C=O) groups is 3. The number of pyridine rings is 2. The summed E-state index contributed by atoms with van der Waals surface area (Å²) in [6.07, 6.45) is -6.65. The van der Waals surface area contributed by atoms with Crippen molar-refractivity contribution in [3.05, 3.63) is 63.7 Å². The van der Waals surface area contributed by atoms with E-state index in [9.17, 15) is 50.6 Å². The number of hydrogen-bond donors (Lipinski definition) is 2. The number of benzene rings is 1. The van der Waals surface area contributed by atoms with Gasteiger partial charge in [0.1, 0.15) is 28.9 Å². The molecule has 1 saturated carbocycles. The fraction of sp³-hybridized carbons (Fsp3) is 0.320. The van der Waals surface area contributed by atoms with Crippen molar-refractivity contribution in [2.75, 3.05) is 4.90 Å². The molecule has 2 fully saturated rings. The van der Waals surface area contributed by atoms with E-state index in [1.54, 1.807) is 5.32 Å². The summed E-state index contributed by atoms with van der Waals surface area (Å²) >= 11 is 0. The summed E-state index contributed by atoms with van der Waals surface area (Å²) < 4.78 is 89.4. The van der Waals surface area contributed by atoms with E-state index >= 15 is 0 Å². The van der Waals surface area contributed by atoms with Crippen molar-refractivity contribution in [2.24, 2.45) is 5.92 Å². The third kappa shape index (κ3) is 4.93. The molecule has 3 atom stereocenters. The zero-order valence-corrected chi connectivity index (χ0v) is 20.7. The zero-order chi connectivity index (χ0) is 30.0. The van der Waals surface area contributed by atoms with Gasteiger partial charge in [-0.25, -0.2) is 27.7 Å². The van der Waals surface area contributed by atoms with Crippen LogP contribution in [0.5, 0.6) is 0 Å². The summed E-state index contributed by atoms with van der Waals surface area (Å²) in [6.45, 7) is 1.31. The predicted molar refractivity (Wildman–Crippen MR) is 127 cm³/mol. The highest BCUT2D eigenvalue weighted by Crippen LogP contribution is 2.40. The lowest BCUT2D eigenvalue weighted by atomic mass is 10.1. The minimum Gasteiger partial charge on any atom is -0.478 e. The van der Waals surface area contributed by atoms with Crippen LogP contribution >= 0.6 is 0 Å². The first-order chi connectivity index (χ1) is 19.2. The molecule has 16 heteroatoms. The fourth-order valence-electron chi connectivity index (χ4n) is 4.66. The molecule has 0 bridgehead atoms. The molecule has 3 heterocycles. The number of anilines is 1. The molecule has 1 aliphatic carbocycles. The van der Waals surface area contributed by atoms with E-state index in [0.717, 1.165) is 17.0 Å². The quantitative estimate of drug-likeness (QED) is 0.423. The number of alkyl halides is 3. The van der Waals surface area contributed by atoms with Gasteiger partial charge in [-0.1, -0.05) is 0 Å². The standard InChI is InChI=1S/C25H18F6N4O6/c1-9-19(23(38)39)41-24(40)35(9)16-5-4-12-18(36)13(22(37)33-20(10-2-3-10)25(29,30)31)8-34(21(12)32-16)17-14(27)6-11(26)7-15(17)28/h4-10,19-20H,2-3H2,1H3,(H,33,37)(H,38,39)/t9?,19-,20+/m1/s1. The number of nitrogens with one attached hydrogen (secondary N) is 1. The maximum Gasteiger partial charge on any atom is 0.416 e. The summed E-state index contributed by atoms with van der Waals surface area (Å²) in [5.41, 5.74) is -3.70. The lowest BCUT2D eigenvalue weighted by Gasteiger charge is -2.22. The van der Waals surface area contributed by atoms with Crippen molar-refractivity contribution in [2.45, 2.75) is 44.1 Å². The Morgan fingerprint density at radius 2 is 1.76 bits per heavy atom. The normalized spacial score (nSPS) is 19.8. The summed E-state index contributed by atoms with van der Waals surface area (Å²) in [7, 11) is 0. The fourth-order valence-corrected chi connectivity index (χ4v) is 4.66. The highest BCUT2D eigenvalue weighted by molar-refractivity contribution is 5.98. The predicted octanol–water partition coefficient (Wildman–Crippen LogP) is 3.67. The van der Waals surface area contributed by atoms with Crippen LogP contribution in [0.4, 0.5) is 37.0 Å². The average Bonchev–Trinajstić information content (AvgIpc) is 3.65. The Morgan fingerprint density at radius 1 is 1.12 bits per heavy atom. The Bertz CT molecular complexity index is 1650.